The van der Waals surface area contributed by atoms with Gasteiger partial charge in [0.05, 0.1) is 6.20 Å². The van der Waals surface area contributed by atoms with Gasteiger partial charge in [-0.15, -0.1) is 5.10 Å². The van der Waals surface area contributed by atoms with E-state index in [9.17, 15) is 0 Å². The van der Waals surface area contributed by atoms with E-state index in [1.54, 1.807) is 6.20 Å². The average Bonchev–Trinajstić information content (AvgIpc) is 2.69. The van der Waals surface area contributed by atoms with Crippen LogP contribution in [0, 0.1) is 0 Å². The molecule has 2 N–H and O–H groups in total. The average molecular weight is 349 g/mol. The highest BCUT2D eigenvalue weighted by atomic mass is 16.6. The number of rotatable bonds is 6. The zero-order valence-electron chi connectivity index (χ0n) is 14.2. The van der Waals surface area contributed by atoms with Crippen molar-refractivity contribution < 1.29 is 9.47 Å². The van der Waals surface area contributed by atoms with E-state index in [0.717, 1.165) is 24.4 Å². The Labute approximate surface area is 151 Å². The first-order chi connectivity index (χ1) is 12.9. The normalized spacial score (nSPS) is 12.5. The predicted octanol–water partition coefficient (Wildman–Crippen LogP) is 3.04. The topological polar surface area (TPSA) is 81.2 Å². The molecule has 0 amide bonds. The third-order valence-electron chi connectivity index (χ3n) is 3.92. The number of benzene rings is 2. The van der Waals surface area contributed by atoms with Crippen molar-refractivity contribution in [2.24, 2.45) is 0 Å². The highest BCUT2D eigenvalue weighted by Crippen LogP contribution is 2.33. The van der Waals surface area contributed by atoms with Crippen LogP contribution < -0.4 is 20.1 Å². The zero-order chi connectivity index (χ0) is 17.6. The molecule has 0 saturated heterocycles. The van der Waals surface area contributed by atoms with Crippen LogP contribution in [-0.2, 0) is 6.42 Å². The lowest BCUT2D eigenvalue weighted by Gasteiger charge is -2.18. The van der Waals surface area contributed by atoms with Crippen molar-refractivity contribution in [2.75, 3.05) is 30.4 Å². The summed E-state index contributed by atoms with van der Waals surface area (Å²) in [6, 6.07) is 15.9. The molecular weight excluding hydrogens is 330 g/mol. The summed E-state index contributed by atoms with van der Waals surface area (Å²) < 4.78 is 11.1. The Bertz CT molecular complexity index is 873. The molecule has 7 heteroatoms. The third-order valence-corrected chi connectivity index (χ3v) is 3.92. The van der Waals surface area contributed by atoms with Gasteiger partial charge in [-0.1, -0.05) is 30.3 Å². The molecule has 26 heavy (non-hydrogen) atoms. The fourth-order valence-corrected chi connectivity index (χ4v) is 2.67. The highest BCUT2D eigenvalue weighted by Gasteiger charge is 2.12. The Kier molecular flexibility index (Phi) is 4.77. The van der Waals surface area contributed by atoms with Gasteiger partial charge < -0.3 is 20.1 Å². The minimum Gasteiger partial charge on any atom is -0.486 e. The summed E-state index contributed by atoms with van der Waals surface area (Å²) >= 11 is 0. The van der Waals surface area contributed by atoms with Crippen LogP contribution in [0.4, 0.5) is 17.5 Å². The second kappa shape index (κ2) is 7.69. The van der Waals surface area contributed by atoms with Crippen LogP contribution in [-0.4, -0.2) is 34.9 Å². The molecule has 3 aromatic rings. The SMILES string of the molecule is c1ccc(CCNc2cnnc(Nc3ccc4c(c3)OCCO4)n2)cc1. The molecule has 0 spiro atoms. The highest BCUT2D eigenvalue weighted by molar-refractivity contribution is 5.60. The minimum absolute atomic E-state index is 0.423. The third kappa shape index (κ3) is 4.00. The molecular formula is C19H19N5O2. The number of hydrogen-bond acceptors (Lipinski definition) is 7. The van der Waals surface area contributed by atoms with Crippen LogP contribution in [0.1, 0.15) is 5.56 Å². The van der Waals surface area contributed by atoms with Gasteiger partial charge in [0, 0.05) is 18.3 Å². The van der Waals surface area contributed by atoms with Crippen LogP contribution in [0.5, 0.6) is 11.5 Å². The van der Waals surface area contributed by atoms with Crippen molar-refractivity contribution in [3.63, 3.8) is 0 Å². The Hall–Kier alpha value is -3.35. The van der Waals surface area contributed by atoms with E-state index in [0.29, 0.717) is 30.7 Å². The van der Waals surface area contributed by atoms with Gasteiger partial charge in [-0.3, -0.25) is 0 Å². The van der Waals surface area contributed by atoms with Crippen molar-refractivity contribution in [1.29, 1.82) is 0 Å². The Morgan fingerprint density at radius 1 is 0.962 bits per heavy atom. The molecule has 0 bridgehead atoms. The molecule has 0 radical (unpaired) electrons. The first kappa shape index (κ1) is 16.1. The standard InChI is InChI=1S/C19H19N5O2/c1-2-4-14(5-3-1)8-9-20-18-13-21-24-19(23-18)22-15-6-7-16-17(12-15)26-11-10-25-16/h1-7,12-13H,8-11H2,(H2,20,22,23,24). The van der Waals surface area contributed by atoms with Gasteiger partial charge in [-0.2, -0.15) is 10.1 Å². The monoisotopic (exact) mass is 349 g/mol. The van der Waals surface area contributed by atoms with Gasteiger partial charge in [-0.25, -0.2) is 0 Å². The lowest BCUT2D eigenvalue weighted by Crippen LogP contribution is -2.15. The van der Waals surface area contributed by atoms with Gasteiger partial charge in [0.15, 0.2) is 17.3 Å². The zero-order valence-corrected chi connectivity index (χ0v) is 14.2. The fourth-order valence-electron chi connectivity index (χ4n) is 2.67. The molecule has 2 heterocycles. The quantitative estimate of drug-likeness (QED) is 0.708. The molecule has 0 aliphatic carbocycles. The smallest absolute Gasteiger partial charge is 0.249 e. The molecule has 0 saturated carbocycles. The molecule has 0 atom stereocenters. The van der Waals surface area contributed by atoms with E-state index >= 15 is 0 Å². The summed E-state index contributed by atoms with van der Waals surface area (Å²) in [5.74, 6) is 2.56. The number of hydrogen-bond donors (Lipinski definition) is 2. The van der Waals surface area contributed by atoms with Crippen LogP contribution >= 0.6 is 0 Å². The number of ether oxygens (including phenoxy) is 2. The van der Waals surface area contributed by atoms with Crippen molar-refractivity contribution >= 4 is 17.5 Å². The number of aromatic nitrogens is 3. The van der Waals surface area contributed by atoms with Crippen molar-refractivity contribution in [3.05, 3.63) is 60.3 Å². The maximum absolute atomic E-state index is 5.59. The predicted molar refractivity (Wildman–Crippen MR) is 99.2 cm³/mol. The number of anilines is 3. The first-order valence-corrected chi connectivity index (χ1v) is 8.51. The van der Waals surface area contributed by atoms with Crippen LogP contribution in [0.2, 0.25) is 0 Å². The van der Waals surface area contributed by atoms with E-state index < -0.39 is 0 Å². The first-order valence-electron chi connectivity index (χ1n) is 8.51. The molecule has 2 aromatic carbocycles. The summed E-state index contributed by atoms with van der Waals surface area (Å²) in [4.78, 5) is 4.44. The molecule has 0 fully saturated rings. The largest absolute Gasteiger partial charge is 0.486 e. The number of nitrogens with zero attached hydrogens (tertiary/aromatic N) is 3. The van der Waals surface area contributed by atoms with E-state index in [1.807, 2.05) is 36.4 Å². The van der Waals surface area contributed by atoms with Gasteiger partial charge >= 0.3 is 0 Å². The Morgan fingerprint density at radius 2 is 1.81 bits per heavy atom. The second-order valence-electron chi connectivity index (χ2n) is 5.81. The maximum Gasteiger partial charge on any atom is 0.249 e. The molecule has 1 aromatic heterocycles. The van der Waals surface area contributed by atoms with Crippen LogP contribution in [0.25, 0.3) is 0 Å². The molecule has 0 unspecified atom stereocenters. The lowest BCUT2D eigenvalue weighted by molar-refractivity contribution is 0.171. The van der Waals surface area contributed by atoms with Crippen molar-refractivity contribution in [3.8, 4) is 11.5 Å². The van der Waals surface area contributed by atoms with Crippen molar-refractivity contribution in [1.82, 2.24) is 15.2 Å². The molecule has 7 nitrogen and oxygen atoms in total. The fraction of sp³-hybridized carbons (Fsp3) is 0.211. The molecule has 1 aliphatic rings. The van der Waals surface area contributed by atoms with Gasteiger partial charge in [-0.05, 0) is 24.1 Å². The van der Waals surface area contributed by atoms with Crippen LogP contribution in [0.3, 0.4) is 0 Å². The Balaban J connectivity index is 1.38. The number of fused-ring (bicyclic) bond motifs is 1. The summed E-state index contributed by atoms with van der Waals surface area (Å²) in [7, 11) is 0. The molecule has 4 rings (SSSR count). The Morgan fingerprint density at radius 3 is 2.69 bits per heavy atom. The van der Waals surface area contributed by atoms with E-state index in [-0.39, 0.29) is 0 Å². The molecule has 1 aliphatic heterocycles. The van der Waals surface area contributed by atoms with Crippen molar-refractivity contribution in [2.45, 2.75) is 6.42 Å². The summed E-state index contributed by atoms with van der Waals surface area (Å²) in [5.41, 5.74) is 2.09. The van der Waals surface area contributed by atoms with Gasteiger partial charge in [0.1, 0.15) is 13.2 Å². The van der Waals surface area contributed by atoms with E-state index in [4.69, 9.17) is 9.47 Å². The minimum atomic E-state index is 0.423. The van der Waals surface area contributed by atoms with E-state index in [1.165, 1.54) is 5.56 Å². The maximum atomic E-state index is 5.59. The molecule has 132 valence electrons. The van der Waals surface area contributed by atoms with Gasteiger partial charge in [0.2, 0.25) is 5.95 Å². The lowest BCUT2D eigenvalue weighted by atomic mass is 10.1. The van der Waals surface area contributed by atoms with Crippen LogP contribution in [0.15, 0.2) is 54.7 Å². The summed E-state index contributed by atoms with van der Waals surface area (Å²) in [6.07, 6.45) is 2.52. The summed E-state index contributed by atoms with van der Waals surface area (Å²) in [6.45, 7) is 1.89. The van der Waals surface area contributed by atoms with E-state index in [2.05, 4.69) is 37.9 Å². The second-order valence-corrected chi connectivity index (χ2v) is 5.81. The van der Waals surface area contributed by atoms with Gasteiger partial charge in [0.25, 0.3) is 0 Å². The number of nitrogens with one attached hydrogen (secondary N) is 2. The summed E-state index contributed by atoms with van der Waals surface area (Å²) in [5, 5.41) is 14.4.